The van der Waals surface area contributed by atoms with E-state index in [9.17, 15) is 9.59 Å². The van der Waals surface area contributed by atoms with Crippen molar-refractivity contribution in [3.05, 3.63) is 35.9 Å². The number of benzene rings is 1. The predicted octanol–water partition coefficient (Wildman–Crippen LogP) is 2.24. The third kappa shape index (κ3) is 4.39. The lowest BCUT2D eigenvalue weighted by atomic mass is 9.89. The fourth-order valence-corrected chi connectivity index (χ4v) is 2.74. The van der Waals surface area contributed by atoms with E-state index in [-0.39, 0.29) is 23.7 Å². The van der Waals surface area contributed by atoms with E-state index in [1.807, 2.05) is 42.2 Å². The van der Waals surface area contributed by atoms with Gasteiger partial charge in [0.1, 0.15) is 0 Å². The van der Waals surface area contributed by atoms with Crippen LogP contribution in [0, 0.1) is 5.92 Å². The van der Waals surface area contributed by atoms with Crippen LogP contribution in [0.3, 0.4) is 0 Å². The maximum Gasteiger partial charge on any atom is 0.222 e. The van der Waals surface area contributed by atoms with Gasteiger partial charge in [0.05, 0.1) is 0 Å². The van der Waals surface area contributed by atoms with Gasteiger partial charge in [-0.1, -0.05) is 30.3 Å². The summed E-state index contributed by atoms with van der Waals surface area (Å²) in [5, 5.41) is 0. The van der Waals surface area contributed by atoms with Crippen LogP contribution in [0.4, 0.5) is 0 Å². The Morgan fingerprint density at radius 2 is 1.86 bits per heavy atom. The lowest BCUT2D eigenvalue weighted by Crippen LogP contribution is -2.40. The molecule has 0 spiro atoms. The van der Waals surface area contributed by atoms with Crippen molar-refractivity contribution in [2.75, 3.05) is 13.1 Å². The predicted molar refractivity (Wildman–Crippen MR) is 83.0 cm³/mol. The molecule has 0 radical (unpaired) electrons. The fraction of sp³-hybridized carbons (Fsp3) is 0.529. The number of carbonyl (C=O) groups is 2. The van der Waals surface area contributed by atoms with Crippen LogP contribution < -0.4 is 5.73 Å². The third-order valence-electron chi connectivity index (χ3n) is 4.09. The van der Waals surface area contributed by atoms with Crippen molar-refractivity contribution in [2.45, 2.75) is 38.6 Å². The van der Waals surface area contributed by atoms with Crippen LogP contribution in [0.15, 0.2) is 30.3 Å². The Labute approximate surface area is 126 Å². The van der Waals surface area contributed by atoms with Crippen LogP contribution >= 0.6 is 0 Å². The van der Waals surface area contributed by atoms with E-state index >= 15 is 0 Å². The van der Waals surface area contributed by atoms with Gasteiger partial charge in [-0.3, -0.25) is 9.59 Å². The van der Waals surface area contributed by atoms with Crippen molar-refractivity contribution in [3.8, 4) is 0 Å². The highest BCUT2D eigenvalue weighted by Gasteiger charge is 2.27. The van der Waals surface area contributed by atoms with E-state index in [1.54, 1.807) is 0 Å². The molecule has 0 aromatic heterocycles. The zero-order valence-electron chi connectivity index (χ0n) is 12.6. The second-order valence-electron chi connectivity index (χ2n) is 5.90. The summed E-state index contributed by atoms with van der Waals surface area (Å²) in [4.78, 5) is 26.3. The van der Waals surface area contributed by atoms with Gasteiger partial charge in [0.2, 0.25) is 5.91 Å². The molecule has 1 amide bonds. The molecule has 1 heterocycles. The number of nitrogens with zero attached hydrogens (tertiary/aromatic N) is 1. The fourth-order valence-electron chi connectivity index (χ4n) is 2.74. The highest BCUT2D eigenvalue weighted by molar-refractivity contribution is 5.98. The molecule has 1 fully saturated rings. The van der Waals surface area contributed by atoms with Crippen LogP contribution in [-0.2, 0) is 4.79 Å². The Morgan fingerprint density at radius 1 is 1.24 bits per heavy atom. The average Bonchev–Trinajstić information content (AvgIpc) is 2.53. The molecule has 2 N–H and O–H groups in total. The SMILES string of the molecule is CC(N)CCC(=O)N1CCC(C(=O)c2ccccc2)CC1. The first-order valence-electron chi connectivity index (χ1n) is 7.70. The van der Waals surface area contributed by atoms with Crippen molar-refractivity contribution >= 4 is 11.7 Å². The number of likely N-dealkylation sites (tertiary alicyclic amines) is 1. The number of Topliss-reactive ketones (excluding diaryl/α,β-unsaturated/α-hetero) is 1. The molecule has 0 aliphatic carbocycles. The van der Waals surface area contributed by atoms with E-state index in [0.717, 1.165) is 24.8 Å². The highest BCUT2D eigenvalue weighted by Crippen LogP contribution is 2.22. The summed E-state index contributed by atoms with van der Waals surface area (Å²) in [6.07, 6.45) is 2.76. The molecule has 4 nitrogen and oxygen atoms in total. The quantitative estimate of drug-likeness (QED) is 0.845. The van der Waals surface area contributed by atoms with Crippen molar-refractivity contribution in [2.24, 2.45) is 11.7 Å². The van der Waals surface area contributed by atoms with Gasteiger partial charge < -0.3 is 10.6 Å². The van der Waals surface area contributed by atoms with E-state index in [4.69, 9.17) is 5.73 Å². The molecular formula is C17H24N2O2. The summed E-state index contributed by atoms with van der Waals surface area (Å²) in [6.45, 7) is 3.28. The van der Waals surface area contributed by atoms with E-state index in [0.29, 0.717) is 19.5 Å². The van der Waals surface area contributed by atoms with Crippen LogP contribution in [0.2, 0.25) is 0 Å². The number of piperidine rings is 1. The van der Waals surface area contributed by atoms with Gasteiger partial charge in [0, 0.05) is 37.0 Å². The van der Waals surface area contributed by atoms with Gasteiger partial charge in [-0.05, 0) is 26.2 Å². The van der Waals surface area contributed by atoms with Crippen LogP contribution in [0.25, 0.3) is 0 Å². The molecule has 1 aliphatic rings. The van der Waals surface area contributed by atoms with Gasteiger partial charge in [-0.2, -0.15) is 0 Å². The van der Waals surface area contributed by atoms with E-state index in [2.05, 4.69) is 0 Å². The summed E-state index contributed by atoms with van der Waals surface area (Å²) in [5.41, 5.74) is 6.46. The Morgan fingerprint density at radius 3 is 2.43 bits per heavy atom. The number of rotatable bonds is 5. The minimum Gasteiger partial charge on any atom is -0.343 e. The summed E-state index contributed by atoms with van der Waals surface area (Å²) in [7, 11) is 0. The summed E-state index contributed by atoms with van der Waals surface area (Å²) in [6, 6.07) is 9.48. The molecular weight excluding hydrogens is 264 g/mol. The van der Waals surface area contributed by atoms with Crippen molar-refractivity contribution < 1.29 is 9.59 Å². The Kier molecular flexibility index (Phi) is 5.51. The molecule has 0 saturated carbocycles. The number of hydrogen-bond acceptors (Lipinski definition) is 3. The molecule has 4 heteroatoms. The molecule has 1 saturated heterocycles. The molecule has 1 atom stereocenters. The van der Waals surface area contributed by atoms with Crippen LogP contribution in [-0.4, -0.2) is 35.7 Å². The first-order chi connectivity index (χ1) is 10.1. The zero-order valence-corrected chi connectivity index (χ0v) is 12.6. The minimum atomic E-state index is 0.0462. The van der Waals surface area contributed by atoms with Gasteiger partial charge in [0.15, 0.2) is 5.78 Å². The lowest BCUT2D eigenvalue weighted by Gasteiger charge is -2.31. The Bertz CT molecular complexity index is 477. The maximum atomic E-state index is 12.4. The summed E-state index contributed by atoms with van der Waals surface area (Å²) in [5.74, 6) is 0.418. The second-order valence-corrected chi connectivity index (χ2v) is 5.90. The molecule has 114 valence electrons. The highest BCUT2D eigenvalue weighted by atomic mass is 16.2. The number of carbonyl (C=O) groups excluding carboxylic acids is 2. The third-order valence-corrected chi connectivity index (χ3v) is 4.09. The van der Waals surface area contributed by atoms with Crippen molar-refractivity contribution in [1.82, 2.24) is 4.90 Å². The number of nitrogens with two attached hydrogens (primary N) is 1. The first kappa shape index (κ1) is 15.7. The van der Waals surface area contributed by atoms with E-state index in [1.165, 1.54) is 0 Å². The zero-order chi connectivity index (χ0) is 15.2. The van der Waals surface area contributed by atoms with E-state index < -0.39 is 0 Å². The summed E-state index contributed by atoms with van der Waals surface area (Å²) < 4.78 is 0. The largest absolute Gasteiger partial charge is 0.343 e. The Hall–Kier alpha value is -1.68. The Balaban J connectivity index is 1.83. The van der Waals surface area contributed by atoms with Gasteiger partial charge >= 0.3 is 0 Å². The average molecular weight is 288 g/mol. The minimum absolute atomic E-state index is 0.0462. The number of amides is 1. The van der Waals surface area contributed by atoms with Gasteiger partial charge in [-0.25, -0.2) is 0 Å². The number of ketones is 1. The normalized spacial score (nSPS) is 17.5. The van der Waals surface area contributed by atoms with Crippen LogP contribution in [0.5, 0.6) is 0 Å². The first-order valence-corrected chi connectivity index (χ1v) is 7.70. The molecule has 1 aromatic carbocycles. The molecule has 1 aromatic rings. The van der Waals surface area contributed by atoms with Gasteiger partial charge in [-0.15, -0.1) is 0 Å². The smallest absolute Gasteiger partial charge is 0.222 e. The van der Waals surface area contributed by atoms with Crippen molar-refractivity contribution in [1.29, 1.82) is 0 Å². The lowest BCUT2D eigenvalue weighted by molar-refractivity contribution is -0.132. The monoisotopic (exact) mass is 288 g/mol. The standard InChI is InChI=1S/C17H24N2O2/c1-13(18)7-8-16(20)19-11-9-15(10-12-19)17(21)14-5-3-2-4-6-14/h2-6,13,15H,7-12,18H2,1H3. The maximum absolute atomic E-state index is 12.4. The number of hydrogen-bond donors (Lipinski definition) is 1. The van der Waals surface area contributed by atoms with Gasteiger partial charge in [0.25, 0.3) is 0 Å². The molecule has 2 rings (SSSR count). The molecule has 21 heavy (non-hydrogen) atoms. The van der Waals surface area contributed by atoms with Crippen LogP contribution in [0.1, 0.15) is 43.0 Å². The topological polar surface area (TPSA) is 63.4 Å². The molecule has 1 aliphatic heterocycles. The molecule has 1 unspecified atom stereocenters. The molecule has 0 bridgehead atoms. The van der Waals surface area contributed by atoms with Crippen molar-refractivity contribution in [3.63, 3.8) is 0 Å². The summed E-state index contributed by atoms with van der Waals surface area (Å²) >= 11 is 0. The second kappa shape index (κ2) is 7.36.